The van der Waals surface area contributed by atoms with Crippen LogP contribution < -0.4 is 16.0 Å². The molecule has 0 aliphatic carbocycles. The van der Waals surface area contributed by atoms with Gasteiger partial charge in [-0.1, -0.05) is 25.9 Å². The summed E-state index contributed by atoms with van der Waals surface area (Å²) in [5.74, 6) is 1.91. The van der Waals surface area contributed by atoms with Crippen LogP contribution in [0.1, 0.15) is 70.8 Å². The number of aliphatic imine (C=N–C) groups is 1. The van der Waals surface area contributed by atoms with Crippen LogP contribution in [-0.4, -0.2) is 36.7 Å². The largest absolute Gasteiger partial charge is 0.359 e. The van der Waals surface area contributed by atoms with Crippen molar-refractivity contribution in [3.63, 3.8) is 0 Å². The van der Waals surface area contributed by atoms with E-state index < -0.39 is 0 Å². The second kappa shape index (κ2) is 14.8. The average molecular weight is 479 g/mol. The minimum absolute atomic E-state index is 0. The second-order valence-electron chi connectivity index (χ2n) is 5.95. The van der Waals surface area contributed by atoms with Gasteiger partial charge in [-0.2, -0.15) is 0 Å². The first-order valence-corrected chi connectivity index (χ1v) is 9.38. The molecule has 0 aliphatic heterocycles. The van der Waals surface area contributed by atoms with Gasteiger partial charge in [0.05, 0.1) is 5.69 Å². The molecule has 26 heavy (non-hydrogen) atoms. The number of nitrogens with zero attached hydrogens (tertiary/aromatic N) is 2. The van der Waals surface area contributed by atoms with Crippen LogP contribution in [0.15, 0.2) is 15.6 Å². The van der Waals surface area contributed by atoms with Gasteiger partial charge < -0.3 is 20.5 Å². The van der Waals surface area contributed by atoms with Gasteiger partial charge >= 0.3 is 0 Å². The Bertz CT molecular complexity index is 529. The lowest BCUT2D eigenvalue weighted by Crippen LogP contribution is -2.39. The van der Waals surface area contributed by atoms with Gasteiger partial charge in [0.2, 0.25) is 5.91 Å². The highest BCUT2D eigenvalue weighted by atomic mass is 127. The maximum atomic E-state index is 11.6. The molecule has 1 aromatic rings. The summed E-state index contributed by atoms with van der Waals surface area (Å²) < 4.78 is 5.39. The Morgan fingerprint density at radius 2 is 1.88 bits per heavy atom. The highest BCUT2D eigenvalue weighted by Gasteiger charge is 2.12. The van der Waals surface area contributed by atoms with Crippen LogP contribution in [0.5, 0.6) is 0 Å². The van der Waals surface area contributed by atoms with Crippen LogP contribution in [0.2, 0.25) is 0 Å². The molecular weight excluding hydrogens is 445 g/mol. The van der Waals surface area contributed by atoms with Crippen molar-refractivity contribution in [2.24, 2.45) is 4.99 Å². The van der Waals surface area contributed by atoms with Crippen molar-refractivity contribution in [2.45, 2.75) is 65.8 Å². The molecule has 0 aliphatic rings. The molecule has 0 atom stereocenters. The van der Waals surface area contributed by atoms with Crippen molar-refractivity contribution in [3.05, 3.63) is 17.5 Å². The fourth-order valence-corrected chi connectivity index (χ4v) is 2.45. The molecule has 1 heterocycles. The van der Waals surface area contributed by atoms with E-state index in [0.29, 0.717) is 31.4 Å². The van der Waals surface area contributed by atoms with Gasteiger partial charge in [0.15, 0.2) is 11.7 Å². The van der Waals surface area contributed by atoms with E-state index in [1.807, 2.05) is 19.9 Å². The molecule has 0 radical (unpaired) electrons. The number of halogens is 1. The number of hydrogen-bond donors (Lipinski definition) is 3. The molecule has 150 valence electrons. The Kier molecular flexibility index (Phi) is 14.1. The van der Waals surface area contributed by atoms with Crippen molar-refractivity contribution in [1.82, 2.24) is 21.1 Å². The van der Waals surface area contributed by atoms with Gasteiger partial charge in [-0.15, -0.1) is 24.0 Å². The number of aromatic nitrogens is 1. The molecule has 1 rings (SSSR count). The van der Waals surface area contributed by atoms with E-state index in [1.54, 1.807) is 0 Å². The zero-order valence-corrected chi connectivity index (χ0v) is 18.8. The minimum Gasteiger partial charge on any atom is -0.359 e. The van der Waals surface area contributed by atoms with Gasteiger partial charge in [0, 0.05) is 38.0 Å². The third-order valence-corrected chi connectivity index (χ3v) is 3.93. The maximum Gasteiger partial charge on any atom is 0.221 e. The van der Waals surface area contributed by atoms with Gasteiger partial charge in [0.1, 0.15) is 6.54 Å². The van der Waals surface area contributed by atoms with Gasteiger partial charge in [-0.3, -0.25) is 4.79 Å². The van der Waals surface area contributed by atoms with E-state index in [-0.39, 0.29) is 29.9 Å². The van der Waals surface area contributed by atoms with Crippen LogP contribution in [0.4, 0.5) is 0 Å². The third-order valence-electron chi connectivity index (χ3n) is 3.93. The summed E-state index contributed by atoms with van der Waals surface area (Å²) in [7, 11) is 0. The highest BCUT2D eigenvalue weighted by molar-refractivity contribution is 14.0. The summed E-state index contributed by atoms with van der Waals surface area (Å²) in [6.45, 7) is 10.8. The molecular formula is C18H34IN5O2. The highest BCUT2D eigenvalue weighted by Crippen LogP contribution is 2.22. The Balaban J connectivity index is 0.00000625. The SMILES string of the molecule is CCCNC(=O)CCNC(=NCc1cc(C(CC)CC)no1)NCC.I. The van der Waals surface area contributed by atoms with Crippen molar-refractivity contribution in [1.29, 1.82) is 0 Å². The van der Waals surface area contributed by atoms with E-state index in [0.717, 1.165) is 43.8 Å². The second-order valence-corrected chi connectivity index (χ2v) is 5.95. The molecule has 0 spiro atoms. The minimum atomic E-state index is 0. The predicted molar refractivity (Wildman–Crippen MR) is 116 cm³/mol. The first-order chi connectivity index (χ1) is 12.1. The molecule has 3 N–H and O–H groups in total. The van der Waals surface area contributed by atoms with Crippen LogP contribution in [0.25, 0.3) is 0 Å². The standard InChI is InChI=1S/C18H33N5O2.HI/c1-5-10-20-17(24)9-11-21-18(19-8-4)22-13-15-12-16(23-25-15)14(6-2)7-3;/h12,14H,5-11,13H2,1-4H3,(H,20,24)(H2,19,21,22);1H. The lowest BCUT2D eigenvalue weighted by Gasteiger charge is -2.10. The molecule has 0 fully saturated rings. The maximum absolute atomic E-state index is 11.6. The number of rotatable bonds is 11. The number of carbonyl (C=O) groups excluding carboxylic acids is 1. The summed E-state index contributed by atoms with van der Waals surface area (Å²) in [5.41, 5.74) is 1.00. The number of amides is 1. The molecule has 1 amide bonds. The number of guanidine groups is 1. The first-order valence-electron chi connectivity index (χ1n) is 9.38. The molecule has 0 bridgehead atoms. The smallest absolute Gasteiger partial charge is 0.221 e. The number of nitrogens with one attached hydrogen (secondary N) is 3. The summed E-state index contributed by atoms with van der Waals surface area (Å²) in [6.07, 6.45) is 3.47. The van der Waals surface area contributed by atoms with Crippen molar-refractivity contribution >= 4 is 35.8 Å². The van der Waals surface area contributed by atoms with Crippen molar-refractivity contribution in [3.8, 4) is 0 Å². The summed E-state index contributed by atoms with van der Waals surface area (Å²) in [6, 6.07) is 1.99. The predicted octanol–water partition coefficient (Wildman–Crippen LogP) is 3.17. The van der Waals surface area contributed by atoms with Crippen LogP contribution >= 0.6 is 24.0 Å². The van der Waals surface area contributed by atoms with E-state index in [2.05, 4.69) is 39.9 Å². The van der Waals surface area contributed by atoms with E-state index in [1.165, 1.54) is 0 Å². The van der Waals surface area contributed by atoms with Crippen LogP contribution in [0, 0.1) is 0 Å². The lowest BCUT2D eigenvalue weighted by atomic mass is 9.99. The first kappa shape index (κ1) is 24.7. The molecule has 8 heteroatoms. The Labute approximate surface area is 174 Å². The molecule has 0 saturated heterocycles. The number of carbonyl (C=O) groups is 1. The van der Waals surface area contributed by atoms with E-state index >= 15 is 0 Å². The lowest BCUT2D eigenvalue weighted by molar-refractivity contribution is -0.120. The molecule has 0 aromatic carbocycles. The summed E-state index contributed by atoms with van der Waals surface area (Å²) >= 11 is 0. The zero-order valence-electron chi connectivity index (χ0n) is 16.4. The molecule has 7 nitrogen and oxygen atoms in total. The Morgan fingerprint density at radius 1 is 1.15 bits per heavy atom. The Hall–Kier alpha value is -1.32. The number of hydrogen-bond acceptors (Lipinski definition) is 4. The normalized spacial score (nSPS) is 11.2. The fraction of sp³-hybridized carbons (Fsp3) is 0.722. The van der Waals surface area contributed by atoms with Gasteiger partial charge in [-0.25, -0.2) is 4.99 Å². The zero-order chi connectivity index (χ0) is 18.5. The summed E-state index contributed by atoms with van der Waals surface area (Å²) in [5, 5.41) is 13.3. The third kappa shape index (κ3) is 9.40. The average Bonchev–Trinajstić information content (AvgIpc) is 3.07. The van der Waals surface area contributed by atoms with Crippen molar-refractivity contribution < 1.29 is 9.32 Å². The van der Waals surface area contributed by atoms with Crippen LogP contribution in [0.3, 0.4) is 0 Å². The Morgan fingerprint density at radius 3 is 2.50 bits per heavy atom. The van der Waals surface area contributed by atoms with Crippen molar-refractivity contribution in [2.75, 3.05) is 19.6 Å². The van der Waals surface area contributed by atoms with E-state index in [9.17, 15) is 4.79 Å². The van der Waals surface area contributed by atoms with Gasteiger partial charge in [0.25, 0.3) is 0 Å². The summed E-state index contributed by atoms with van der Waals surface area (Å²) in [4.78, 5) is 16.1. The van der Waals surface area contributed by atoms with E-state index in [4.69, 9.17) is 4.52 Å². The van der Waals surface area contributed by atoms with Gasteiger partial charge in [-0.05, 0) is 26.2 Å². The molecule has 0 saturated carbocycles. The fourth-order valence-electron chi connectivity index (χ4n) is 2.45. The molecule has 0 unspecified atom stereocenters. The monoisotopic (exact) mass is 479 g/mol. The van der Waals surface area contributed by atoms with Crippen LogP contribution in [-0.2, 0) is 11.3 Å². The molecule has 1 aromatic heterocycles. The quantitative estimate of drug-likeness (QED) is 0.258. The topological polar surface area (TPSA) is 91.5 Å².